The average Bonchev–Trinajstić information content (AvgIpc) is 3.09. The molecule has 0 saturated carbocycles. The van der Waals surface area contributed by atoms with Crippen LogP contribution in [-0.4, -0.2) is 44.8 Å². The number of amides is 3. The lowest BCUT2D eigenvalue weighted by atomic mass is 10.1. The lowest BCUT2D eigenvalue weighted by Crippen LogP contribution is -2.35. The van der Waals surface area contributed by atoms with Crippen molar-refractivity contribution < 1.29 is 14.4 Å². The Morgan fingerprint density at radius 2 is 1.92 bits per heavy atom. The van der Waals surface area contributed by atoms with Gasteiger partial charge in [0.25, 0.3) is 17.7 Å². The quantitative estimate of drug-likeness (QED) is 0.834. The van der Waals surface area contributed by atoms with Crippen molar-refractivity contribution in [3.05, 3.63) is 53.1 Å². The molecule has 2 heterocycles. The number of nitrogens with one attached hydrogen (secondary N) is 1. The number of hydrogen-bond acceptors (Lipinski definition) is 4. The Labute approximate surface area is 145 Å². The van der Waals surface area contributed by atoms with Gasteiger partial charge in [0.2, 0.25) is 0 Å². The first-order chi connectivity index (χ1) is 11.9. The second-order valence-corrected chi connectivity index (χ2v) is 6.37. The van der Waals surface area contributed by atoms with E-state index < -0.39 is 0 Å². The highest BCUT2D eigenvalue weighted by molar-refractivity contribution is 6.22. The Balaban J connectivity index is 1.69. The monoisotopic (exact) mass is 340 g/mol. The van der Waals surface area contributed by atoms with Gasteiger partial charge in [0.15, 0.2) is 0 Å². The second kappa shape index (κ2) is 6.51. The van der Waals surface area contributed by atoms with Crippen molar-refractivity contribution in [3.8, 4) is 0 Å². The molecular formula is C18H20N4O3. The fourth-order valence-corrected chi connectivity index (χ4v) is 2.87. The number of imide groups is 1. The van der Waals surface area contributed by atoms with Crippen LogP contribution in [0.5, 0.6) is 0 Å². The Bertz CT molecular complexity index is 854. The van der Waals surface area contributed by atoms with Gasteiger partial charge in [-0.15, -0.1) is 0 Å². The van der Waals surface area contributed by atoms with Crippen LogP contribution < -0.4 is 5.32 Å². The molecule has 7 nitrogen and oxygen atoms in total. The molecule has 1 aromatic heterocycles. The summed E-state index contributed by atoms with van der Waals surface area (Å²) in [4.78, 5) is 42.4. The number of fused-ring (bicyclic) bond motifs is 1. The van der Waals surface area contributed by atoms with Crippen LogP contribution >= 0.6 is 0 Å². The zero-order valence-corrected chi connectivity index (χ0v) is 14.4. The SMILES string of the molecule is CC(C)N1C(=O)c2ccc(C(=O)NCCc3cn(C)cn3)cc2C1=O. The van der Waals surface area contributed by atoms with E-state index in [-0.39, 0.29) is 29.3 Å². The van der Waals surface area contributed by atoms with E-state index in [1.54, 1.807) is 32.3 Å². The van der Waals surface area contributed by atoms with Crippen molar-refractivity contribution in [1.29, 1.82) is 0 Å². The van der Waals surface area contributed by atoms with Crippen LogP contribution in [0, 0.1) is 0 Å². The third kappa shape index (κ3) is 3.17. The predicted molar refractivity (Wildman–Crippen MR) is 91.3 cm³/mol. The van der Waals surface area contributed by atoms with Gasteiger partial charge in [0.05, 0.1) is 23.1 Å². The van der Waals surface area contributed by atoms with Crippen molar-refractivity contribution in [2.45, 2.75) is 26.3 Å². The summed E-state index contributed by atoms with van der Waals surface area (Å²) in [5, 5.41) is 2.81. The maximum atomic E-state index is 12.4. The number of benzene rings is 1. The van der Waals surface area contributed by atoms with Gasteiger partial charge >= 0.3 is 0 Å². The lowest BCUT2D eigenvalue weighted by molar-refractivity contribution is 0.0609. The molecule has 1 aliphatic rings. The summed E-state index contributed by atoms with van der Waals surface area (Å²) in [5.41, 5.74) is 1.90. The molecule has 130 valence electrons. The maximum absolute atomic E-state index is 12.4. The number of rotatable bonds is 5. The van der Waals surface area contributed by atoms with Crippen LogP contribution in [0.2, 0.25) is 0 Å². The summed E-state index contributed by atoms with van der Waals surface area (Å²) in [7, 11) is 1.89. The molecule has 1 N–H and O–H groups in total. The highest BCUT2D eigenvalue weighted by atomic mass is 16.2. The summed E-state index contributed by atoms with van der Waals surface area (Å²) in [6, 6.07) is 4.40. The van der Waals surface area contributed by atoms with Crippen LogP contribution in [0.3, 0.4) is 0 Å². The first-order valence-corrected chi connectivity index (χ1v) is 8.15. The molecule has 25 heavy (non-hydrogen) atoms. The van der Waals surface area contributed by atoms with Gasteiger partial charge in [-0.2, -0.15) is 0 Å². The predicted octanol–water partition coefficient (Wildman–Crippen LogP) is 1.40. The van der Waals surface area contributed by atoms with E-state index in [9.17, 15) is 14.4 Å². The van der Waals surface area contributed by atoms with Crippen molar-refractivity contribution in [3.63, 3.8) is 0 Å². The van der Waals surface area contributed by atoms with E-state index >= 15 is 0 Å². The van der Waals surface area contributed by atoms with E-state index in [4.69, 9.17) is 0 Å². The Kier molecular flexibility index (Phi) is 4.39. The topological polar surface area (TPSA) is 84.3 Å². The normalized spacial score (nSPS) is 13.5. The molecule has 1 aromatic carbocycles. The molecule has 0 spiro atoms. The minimum atomic E-state index is -0.349. The zero-order valence-electron chi connectivity index (χ0n) is 14.4. The molecule has 3 amide bonds. The largest absolute Gasteiger partial charge is 0.352 e. The maximum Gasteiger partial charge on any atom is 0.261 e. The smallest absolute Gasteiger partial charge is 0.261 e. The van der Waals surface area contributed by atoms with E-state index in [0.29, 0.717) is 24.1 Å². The van der Waals surface area contributed by atoms with Gasteiger partial charge in [0, 0.05) is 37.8 Å². The second-order valence-electron chi connectivity index (χ2n) is 6.37. The van der Waals surface area contributed by atoms with Gasteiger partial charge in [-0.1, -0.05) is 0 Å². The summed E-state index contributed by atoms with van der Waals surface area (Å²) in [6.07, 6.45) is 4.23. The van der Waals surface area contributed by atoms with Crippen LogP contribution in [0.15, 0.2) is 30.7 Å². The average molecular weight is 340 g/mol. The van der Waals surface area contributed by atoms with Gasteiger partial charge in [0.1, 0.15) is 0 Å². The molecule has 0 aliphatic carbocycles. The van der Waals surface area contributed by atoms with Crippen molar-refractivity contribution in [2.75, 3.05) is 6.54 Å². The van der Waals surface area contributed by atoms with Crippen molar-refractivity contribution >= 4 is 17.7 Å². The number of aromatic nitrogens is 2. The fraction of sp³-hybridized carbons (Fsp3) is 0.333. The van der Waals surface area contributed by atoms with Gasteiger partial charge < -0.3 is 9.88 Å². The Hall–Kier alpha value is -2.96. The fourth-order valence-electron chi connectivity index (χ4n) is 2.87. The molecule has 0 fully saturated rings. The van der Waals surface area contributed by atoms with E-state index in [1.165, 1.54) is 11.0 Å². The van der Waals surface area contributed by atoms with E-state index in [1.807, 2.05) is 17.8 Å². The van der Waals surface area contributed by atoms with Crippen molar-refractivity contribution in [2.24, 2.45) is 7.05 Å². The molecular weight excluding hydrogens is 320 g/mol. The first kappa shape index (κ1) is 16.9. The third-order valence-corrected chi connectivity index (χ3v) is 4.12. The molecule has 0 saturated heterocycles. The van der Waals surface area contributed by atoms with Crippen molar-refractivity contribution in [1.82, 2.24) is 19.8 Å². The first-order valence-electron chi connectivity index (χ1n) is 8.15. The minimum Gasteiger partial charge on any atom is -0.352 e. The number of aryl methyl sites for hydroxylation is 1. The summed E-state index contributed by atoms with van der Waals surface area (Å²) in [6.45, 7) is 4.01. The summed E-state index contributed by atoms with van der Waals surface area (Å²) >= 11 is 0. The molecule has 7 heteroatoms. The number of carbonyl (C=O) groups excluding carboxylic acids is 3. The summed E-state index contributed by atoms with van der Waals surface area (Å²) < 4.78 is 1.85. The van der Waals surface area contributed by atoms with Gasteiger partial charge in [-0.25, -0.2) is 4.98 Å². The molecule has 0 atom stereocenters. The molecule has 3 rings (SSSR count). The molecule has 0 radical (unpaired) electrons. The minimum absolute atomic E-state index is 0.219. The van der Waals surface area contributed by atoms with Gasteiger partial charge in [-0.3, -0.25) is 19.3 Å². The number of carbonyl (C=O) groups is 3. The molecule has 1 aliphatic heterocycles. The molecule has 0 bridgehead atoms. The highest BCUT2D eigenvalue weighted by Gasteiger charge is 2.37. The number of nitrogens with zero attached hydrogens (tertiary/aromatic N) is 3. The standard InChI is InChI=1S/C18H20N4O3/c1-11(2)22-17(24)14-5-4-12(8-15(14)18(22)25)16(23)19-7-6-13-9-21(3)10-20-13/h4-5,8-11H,6-7H2,1-3H3,(H,19,23). The number of hydrogen-bond donors (Lipinski definition) is 1. The highest BCUT2D eigenvalue weighted by Crippen LogP contribution is 2.25. The third-order valence-electron chi connectivity index (χ3n) is 4.12. The summed E-state index contributed by atoms with van der Waals surface area (Å²) in [5.74, 6) is -0.933. The van der Waals surface area contributed by atoms with Gasteiger partial charge in [-0.05, 0) is 32.0 Å². The Morgan fingerprint density at radius 3 is 2.56 bits per heavy atom. The van der Waals surface area contributed by atoms with Crippen LogP contribution in [-0.2, 0) is 13.5 Å². The van der Waals surface area contributed by atoms with Crippen LogP contribution in [0.1, 0.15) is 50.6 Å². The Morgan fingerprint density at radius 1 is 1.20 bits per heavy atom. The molecule has 0 unspecified atom stereocenters. The number of imidazole rings is 1. The van der Waals surface area contributed by atoms with E-state index in [0.717, 1.165) is 5.69 Å². The van der Waals surface area contributed by atoms with Crippen LogP contribution in [0.4, 0.5) is 0 Å². The lowest BCUT2D eigenvalue weighted by Gasteiger charge is -2.17. The van der Waals surface area contributed by atoms with E-state index in [2.05, 4.69) is 10.3 Å². The van der Waals surface area contributed by atoms with Crippen LogP contribution in [0.25, 0.3) is 0 Å². The zero-order chi connectivity index (χ0) is 18.1. The molecule has 2 aromatic rings.